The number of amides is 2. The third-order valence-electron chi connectivity index (χ3n) is 3.25. The normalized spacial score (nSPS) is 10.2. The Morgan fingerprint density at radius 2 is 1.91 bits per heavy atom. The first kappa shape index (κ1) is 16.5. The van der Waals surface area contributed by atoms with Crippen LogP contribution >= 0.6 is 0 Å². The first-order valence-electron chi connectivity index (χ1n) is 6.96. The minimum Gasteiger partial charge on any atom is -0.497 e. The van der Waals surface area contributed by atoms with E-state index in [2.05, 4.69) is 0 Å². The number of nitrogens with zero attached hydrogens (tertiary/aromatic N) is 1. The quantitative estimate of drug-likeness (QED) is 0.885. The molecule has 6 heteroatoms. The Morgan fingerprint density at radius 3 is 2.57 bits per heavy atom. The monoisotopic (exact) mass is 316 g/mol. The fourth-order valence-electron chi connectivity index (χ4n) is 2.18. The average Bonchev–Trinajstić information content (AvgIpc) is 2.54. The zero-order chi connectivity index (χ0) is 16.8. The Hall–Kier alpha value is -2.89. The molecule has 2 aromatic rings. The van der Waals surface area contributed by atoms with Gasteiger partial charge in [-0.25, -0.2) is 4.39 Å². The largest absolute Gasteiger partial charge is 0.497 e. The Labute approximate surface area is 133 Å². The van der Waals surface area contributed by atoms with Crippen molar-refractivity contribution in [3.8, 4) is 5.75 Å². The van der Waals surface area contributed by atoms with Crippen LogP contribution in [0.5, 0.6) is 5.75 Å². The van der Waals surface area contributed by atoms with E-state index < -0.39 is 17.6 Å². The van der Waals surface area contributed by atoms with Gasteiger partial charge in [0.1, 0.15) is 11.6 Å². The lowest BCUT2D eigenvalue weighted by Crippen LogP contribution is -2.38. The molecule has 120 valence electrons. The van der Waals surface area contributed by atoms with E-state index in [1.807, 2.05) is 0 Å². The zero-order valence-electron chi connectivity index (χ0n) is 12.7. The molecule has 0 unspecified atom stereocenters. The van der Waals surface area contributed by atoms with E-state index in [0.29, 0.717) is 5.75 Å². The molecule has 0 aliphatic carbocycles. The van der Waals surface area contributed by atoms with Crippen molar-refractivity contribution < 1.29 is 18.7 Å². The summed E-state index contributed by atoms with van der Waals surface area (Å²) in [5.74, 6) is -1.28. The molecular formula is C17H17FN2O3. The van der Waals surface area contributed by atoms with Crippen LogP contribution in [0.4, 0.5) is 4.39 Å². The molecule has 23 heavy (non-hydrogen) atoms. The standard InChI is InChI=1S/C17H17FN2O3/c1-23-13-6-4-5-12(9-13)10-20(11-16(19)21)17(22)14-7-2-3-8-15(14)18/h2-9H,10-11H2,1H3,(H2,19,21). The Balaban J connectivity index is 2.27. The van der Waals surface area contributed by atoms with Gasteiger partial charge in [0.2, 0.25) is 5.91 Å². The minimum absolute atomic E-state index is 0.100. The number of benzene rings is 2. The maximum absolute atomic E-state index is 13.8. The maximum Gasteiger partial charge on any atom is 0.257 e. The highest BCUT2D eigenvalue weighted by Gasteiger charge is 2.21. The second kappa shape index (κ2) is 7.40. The summed E-state index contributed by atoms with van der Waals surface area (Å²) in [5.41, 5.74) is 5.85. The van der Waals surface area contributed by atoms with Gasteiger partial charge in [0.15, 0.2) is 0 Å². The first-order chi connectivity index (χ1) is 11.0. The summed E-state index contributed by atoms with van der Waals surface area (Å²) >= 11 is 0. The van der Waals surface area contributed by atoms with Crippen molar-refractivity contribution in [3.63, 3.8) is 0 Å². The van der Waals surface area contributed by atoms with Crippen LogP contribution in [0, 0.1) is 5.82 Å². The molecule has 0 spiro atoms. The van der Waals surface area contributed by atoms with Crippen molar-refractivity contribution in [2.75, 3.05) is 13.7 Å². The third-order valence-corrected chi connectivity index (χ3v) is 3.25. The minimum atomic E-state index is -0.669. The molecule has 2 rings (SSSR count). The number of rotatable bonds is 6. The number of nitrogens with two attached hydrogens (primary N) is 1. The second-order valence-electron chi connectivity index (χ2n) is 4.96. The number of hydrogen-bond acceptors (Lipinski definition) is 3. The molecule has 0 bridgehead atoms. The molecule has 0 heterocycles. The van der Waals surface area contributed by atoms with Crippen LogP contribution in [0.1, 0.15) is 15.9 Å². The van der Waals surface area contributed by atoms with Crippen LogP contribution < -0.4 is 10.5 Å². The Morgan fingerprint density at radius 1 is 1.17 bits per heavy atom. The van der Waals surface area contributed by atoms with Gasteiger partial charge in [-0.2, -0.15) is 0 Å². The number of ether oxygens (including phenoxy) is 1. The van der Waals surface area contributed by atoms with E-state index in [-0.39, 0.29) is 18.7 Å². The highest BCUT2D eigenvalue weighted by atomic mass is 19.1. The summed E-state index contributed by atoms with van der Waals surface area (Å²) in [6.45, 7) is -0.183. The molecule has 2 amide bonds. The van der Waals surface area contributed by atoms with Gasteiger partial charge in [0.25, 0.3) is 5.91 Å². The van der Waals surface area contributed by atoms with Gasteiger partial charge in [-0.15, -0.1) is 0 Å². The smallest absolute Gasteiger partial charge is 0.257 e. The van der Waals surface area contributed by atoms with E-state index in [0.717, 1.165) is 5.56 Å². The zero-order valence-corrected chi connectivity index (χ0v) is 12.7. The number of hydrogen-bond donors (Lipinski definition) is 1. The molecule has 0 radical (unpaired) electrons. The summed E-state index contributed by atoms with van der Waals surface area (Å²) in [7, 11) is 1.53. The molecular weight excluding hydrogens is 299 g/mol. The summed E-state index contributed by atoms with van der Waals surface area (Å²) in [5, 5.41) is 0. The number of halogens is 1. The molecule has 0 saturated heterocycles. The molecule has 0 aromatic heterocycles. The van der Waals surface area contributed by atoms with Gasteiger partial charge in [-0.3, -0.25) is 9.59 Å². The van der Waals surface area contributed by atoms with Gasteiger partial charge in [0.05, 0.1) is 19.2 Å². The molecule has 0 fully saturated rings. The van der Waals surface area contributed by atoms with E-state index in [4.69, 9.17) is 10.5 Å². The predicted molar refractivity (Wildman–Crippen MR) is 83.3 cm³/mol. The molecule has 0 aliphatic rings. The van der Waals surface area contributed by atoms with Crippen LogP contribution in [0.25, 0.3) is 0 Å². The van der Waals surface area contributed by atoms with Crippen molar-refractivity contribution >= 4 is 11.8 Å². The van der Waals surface area contributed by atoms with Gasteiger partial charge in [-0.1, -0.05) is 24.3 Å². The van der Waals surface area contributed by atoms with Crippen molar-refractivity contribution in [3.05, 3.63) is 65.5 Å². The molecule has 0 atom stereocenters. The van der Waals surface area contributed by atoms with Crippen molar-refractivity contribution in [2.45, 2.75) is 6.54 Å². The lowest BCUT2D eigenvalue weighted by molar-refractivity contribution is -0.118. The highest BCUT2D eigenvalue weighted by Crippen LogP contribution is 2.17. The Bertz CT molecular complexity index is 718. The van der Waals surface area contributed by atoms with Crippen LogP contribution in [0.3, 0.4) is 0 Å². The summed E-state index contributed by atoms with van der Waals surface area (Å²) in [4.78, 5) is 25.0. The highest BCUT2D eigenvalue weighted by molar-refractivity contribution is 5.96. The number of carbonyl (C=O) groups excluding carboxylic acids is 2. The molecule has 0 aliphatic heterocycles. The van der Waals surface area contributed by atoms with E-state index >= 15 is 0 Å². The first-order valence-corrected chi connectivity index (χ1v) is 6.96. The summed E-state index contributed by atoms with van der Waals surface area (Å²) in [6, 6.07) is 12.7. The van der Waals surface area contributed by atoms with Crippen molar-refractivity contribution in [2.24, 2.45) is 5.73 Å². The number of methoxy groups -OCH3 is 1. The molecule has 2 aromatic carbocycles. The van der Waals surface area contributed by atoms with Crippen molar-refractivity contribution in [1.82, 2.24) is 4.90 Å². The van der Waals surface area contributed by atoms with Gasteiger partial charge in [-0.05, 0) is 29.8 Å². The molecule has 0 saturated carbocycles. The van der Waals surface area contributed by atoms with Crippen LogP contribution in [-0.4, -0.2) is 30.4 Å². The SMILES string of the molecule is COc1cccc(CN(CC(N)=O)C(=O)c2ccccc2F)c1. The molecule has 2 N–H and O–H groups in total. The van der Waals surface area contributed by atoms with E-state index in [1.165, 1.54) is 30.2 Å². The topological polar surface area (TPSA) is 72.6 Å². The maximum atomic E-state index is 13.8. The van der Waals surface area contributed by atoms with Gasteiger partial charge >= 0.3 is 0 Å². The van der Waals surface area contributed by atoms with Gasteiger partial charge in [0, 0.05) is 6.54 Å². The lowest BCUT2D eigenvalue weighted by Gasteiger charge is -2.22. The van der Waals surface area contributed by atoms with Crippen LogP contribution in [0.15, 0.2) is 48.5 Å². The number of carbonyl (C=O) groups is 2. The molecule has 5 nitrogen and oxygen atoms in total. The van der Waals surface area contributed by atoms with Crippen molar-refractivity contribution in [1.29, 1.82) is 0 Å². The fraction of sp³-hybridized carbons (Fsp3) is 0.176. The lowest BCUT2D eigenvalue weighted by atomic mass is 10.1. The third kappa shape index (κ3) is 4.29. The fourth-order valence-corrected chi connectivity index (χ4v) is 2.18. The average molecular weight is 316 g/mol. The summed E-state index contributed by atoms with van der Waals surface area (Å²) in [6.07, 6.45) is 0. The van der Waals surface area contributed by atoms with Gasteiger partial charge < -0.3 is 15.4 Å². The van der Waals surface area contributed by atoms with E-state index in [9.17, 15) is 14.0 Å². The van der Waals surface area contributed by atoms with Crippen LogP contribution in [-0.2, 0) is 11.3 Å². The second-order valence-corrected chi connectivity index (χ2v) is 4.96. The Kier molecular flexibility index (Phi) is 5.30. The number of primary amides is 1. The predicted octanol–water partition coefficient (Wildman–Crippen LogP) is 1.96. The van der Waals surface area contributed by atoms with Crippen LogP contribution in [0.2, 0.25) is 0 Å². The van der Waals surface area contributed by atoms with E-state index in [1.54, 1.807) is 30.3 Å². The summed E-state index contributed by atoms with van der Waals surface area (Å²) < 4.78 is 18.9.